The van der Waals surface area contributed by atoms with E-state index in [1.165, 1.54) is 12.8 Å². The third kappa shape index (κ3) is 2.96. The summed E-state index contributed by atoms with van der Waals surface area (Å²) in [4.78, 5) is 4.90. The molecule has 0 aliphatic heterocycles. The number of nitrogens with zero attached hydrogens (tertiary/aromatic N) is 1. The summed E-state index contributed by atoms with van der Waals surface area (Å²) in [5.41, 5.74) is 0. The molecule has 3 heteroatoms. The highest BCUT2D eigenvalue weighted by Gasteiger charge is 2.26. The maximum atomic E-state index is 5.62. The molecule has 0 radical (unpaired) electrons. The maximum absolute atomic E-state index is 5.62. The van der Waals surface area contributed by atoms with Crippen molar-refractivity contribution in [3.05, 3.63) is 11.1 Å². The average molecular weight is 237 g/mol. The van der Waals surface area contributed by atoms with Crippen molar-refractivity contribution in [1.82, 2.24) is 0 Å². The number of hydrogen-bond donors (Lipinski definition) is 0. The molecule has 0 spiro atoms. The highest BCUT2D eigenvalue weighted by molar-refractivity contribution is 9.09. The number of rotatable bonds is 2. The molecule has 62 valence electrons. The predicted octanol–water partition coefficient (Wildman–Crippen LogP) is 3.13. The molecule has 1 aliphatic rings. The number of alkyl halides is 1. The summed E-state index contributed by atoms with van der Waals surface area (Å²) in [6.07, 6.45) is 6.05. The Bertz CT molecular complexity index is 185. The molecular formula is C8H11BrClN. The van der Waals surface area contributed by atoms with E-state index in [9.17, 15) is 0 Å². The Morgan fingerprint density at radius 3 is 2.73 bits per heavy atom. The van der Waals surface area contributed by atoms with E-state index >= 15 is 0 Å². The monoisotopic (exact) mass is 235 g/mol. The van der Waals surface area contributed by atoms with Crippen molar-refractivity contribution in [2.45, 2.75) is 30.6 Å². The highest BCUT2D eigenvalue weighted by atomic mass is 79.9. The van der Waals surface area contributed by atoms with E-state index in [4.69, 9.17) is 11.6 Å². The molecule has 1 saturated carbocycles. The smallest absolute Gasteiger partial charge is 0.0624 e. The predicted molar refractivity (Wildman–Crippen MR) is 53.8 cm³/mol. The lowest BCUT2D eigenvalue weighted by atomic mass is 9.94. The quantitative estimate of drug-likeness (QED) is 0.516. The Morgan fingerprint density at radius 2 is 2.36 bits per heavy atom. The molecule has 0 heterocycles. The van der Waals surface area contributed by atoms with Gasteiger partial charge >= 0.3 is 0 Å². The van der Waals surface area contributed by atoms with Gasteiger partial charge in [0.1, 0.15) is 0 Å². The van der Waals surface area contributed by atoms with Crippen LogP contribution >= 0.6 is 27.5 Å². The van der Waals surface area contributed by atoms with Gasteiger partial charge in [0, 0.05) is 16.1 Å². The second-order valence-corrected chi connectivity index (χ2v) is 4.48. The van der Waals surface area contributed by atoms with E-state index in [2.05, 4.69) is 20.9 Å². The van der Waals surface area contributed by atoms with E-state index < -0.39 is 0 Å². The van der Waals surface area contributed by atoms with Gasteiger partial charge < -0.3 is 0 Å². The van der Waals surface area contributed by atoms with Crippen molar-refractivity contribution in [1.29, 1.82) is 0 Å². The van der Waals surface area contributed by atoms with Crippen LogP contribution in [-0.4, -0.2) is 17.1 Å². The van der Waals surface area contributed by atoms with Gasteiger partial charge in [-0.05, 0) is 25.8 Å². The fourth-order valence-corrected chi connectivity index (χ4v) is 1.59. The molecule has 0 aromatic carbocycles. The normalized spacial score (nSPS) is 32.5. The molecule has 0 amide bonds. The Labute approximate surface area is 80.7 Å². The summed E-state index contributed by atoms with van der Waals surface area (Å²) >= 11 is 9.14. The minimum Gasteiger partial charge on any atom is -0.289 e. The molecule has 2 atom stereocenters. The molecule has 1 unspecified atom stereocenters. The lowest BCUT2D eigenvalue weighted by Gasteiger charge is -2.28. The van der Waals surface area contributed by atoms with Crippen LogP contribution in [0, 0.1) is 0 Å². The van der Waals surface area contributed by atoms with Gasteiger partial charge in [0.15, 0.2) is 0 Å². The zero-order valence-electron chi connectivity index (χ0n) is 6.43. The van der Waals surface area contributed by atoms with Crippen molar-refractivity contribution >= 4 is 33.7 Å². The van der Waals surface area contributed by atoms with Crippen molar-refractivity contribution in [2.75, 3.05) is 0 Å². The summed E-state index contributed by atoms with van der Waals surface area (Å²) in [6.45, 7) is 1.85. The minimum absolute atomic E-state index is 0.474. The summed E-state index contributed by atoms with van der Waals surface area (Å²) in [5, 5.41) is 0.777. The summed E-state index contributed by atoms with van der Waals surface area (Å²) in [7, 11) is 0. The van der Waals surface area contributed by atoms with Crippen molar-refractivity contribution in [3.63, 3.8) is 0 Å². The number of halogens is 2. The van der Waals surface area contributed by atoms with E-state index in [0.717, 1.165) is 5.03 Å². The second kappa shape index (κ2) is 4.27. The van der Waals surface area contributed by atoms with Crippen LogP contribution < -0.4 is 0 Å². The van der Waals surface area contributed by atoms with E-state index in [1.54, 1.807) is 6.21 Å². The third-order valence-corrected chi connectivity index (χ3v) is 2.93. The standard InChI is InChI=1S/C8H11BrClN/c1-6(10)4-5-11-8-3-2-7(8)9/h4-5,7-8H,2-3H2,1H3/b6-4+,11-5?/t7?,8-/m1/s1. The van der Waals surface area contributed by atoms with Gasteiger partial charge in [-0.3, -0.25) is 4.99 Å². The van der Waals surface area contributed by atoms with Crippen molar-refractivity contribution in [2.24, 2.45) is 4.99 Å². The van der Waals surface area contributed by atoms with E-state index in [1.807, 2.05) is 13.0 Å². The summed E-state index contributed by atoms with van der Waals surface area (Å²) in [5.74, 6) is 0. The molecular weight excluding hydrogens is 225 g/mol. The zero-order chi connectivity index (χ0) is 8.27. The molecule has 0 N–H and O–H groups in total. The minimum atomic E-state index is 0.474. The van der Waals surface area contributed by atoms with Gasteiger partial charge in [0.25, 0.3) is 0 Å². The van der Waals surface area contributed by atoms with Crippen LogP contribution in [0.2, 0.25) is 0 Å². The Hall–Kier alpha value is 0.180. The number of hydrogen-bond acceptors (Lipinski definition) is 1. The average Bonchev–Trinajstić information content (AvgIpc) is 1.94. The lowest BCUT2D eigenvalue weighted by Crippen LogP contribution is -2.29. The van der Waals surface area contributed by atoms with Crippen LogP contribution in [0.15, 0.2) is 16.1 Å². The van der Waals surface area contributed by atoms with Gasteiger partial charge in [0.2, 0.25) is 0 Å². The van der Waals surface area contributed by atoms with Gasteiger partial charge in [-0.15, -0.1) is 0 Å². The first-order valence-electron chi connectivity index (χ1n) is 3.70. The molecule has 0 aromatic heterocycles. The Kier molecular flexibility index (Phi) is 3.60. The maximum Gasteiger partial charge on any atom is 0.0624 e. The first-order valence-corrected chi connectivity index (χ1v) is 4.99. The first kappa shape index (κ1) is 9.27. The Morgan fingerprint density at radius 1 is 1.64 bits per heavy atom. The Balaban J connectivity index is 2.30. The van der Waals surface area contributed by atoms with Crippen LogP contribution in [-0.2, 0) is 0 Å². The second-order valence-electron chi connectivity index (χ2n) is 2.71. The van der Waals surface area contributed by atoms with Crippen LogP contribution in [0.3, 0.4) is 0 Å². The van der Waals surface area contributed by atoms with Gasteiger partial charge in [-0.2, -0.15) is 0 Å². The molecule has 11 heavy (non-hydrogen) atoms. The van der Waals surface area contributed by atoms with Crippen LogP contribution in [0.1, 0.15) is 19.8 Å². The van der Waals surface area contributed by atoms with Gasteiger partial charge in [-0.25, -0.2) is 0 Å². The van der Waals surface area contributed by atoms with Crippen LogP contribution in [0.5, 0.6) is 0 Å². The summed E-state index contributed by atoms with van der Waals surface area (Å²) in [6, 6.07) is 0.474. The van der Waals surface area contributed by atoms with Crippen LogP contribution in [0.25, 0.3) is 0 Å². The third-order valence-electron chi connectivity index (χ3n) is 1.74. The number of aliphatic imine (C=N–C) groups is 1. The molecule has 0 bridgehead atoms. The molecule has 1 nitrogen and oxygen atoms in total. The lowest BCUT2D eigenvalue weighted by molar-refractivity contribution is 0.445. The van der Waals surface area contributed by atoms with E-state index in [-0.39, 0.29) is 0 Å². The fourth-order valence-electron chi connectivity index (χ4n) is 0.866. The highest BCUT2D eigenvalue weighted by Crippen LogP contribution is 2.29. The molecule has 1 aliphatic carbocycles. The molecule has 1 rings (SSSR count). The van der Waals surface area contributed by atoms with Gasteiger partial charge in [0.05, 0.1) is 6.04 Å². The topological polar surface area (TPSA) is 12.4 Å². The largest absolute Gasteiger partial charge is 0.289 e. The number of allylic oxidation sites excluding steroid dienone is 2. The summed E-state index contributed by atoms with van der Waals surface area (Å²) < 4.78 is 0. The van der Waals surface area contributed by atoms with Crippen molar-refractivity contribution < 1.29 is 0 Å². The molecule has 0 aromatic rings. The van der Waals surface area contributed by atoms with Crippen LogP contribution in [0.4, 0.5) is 0 Å². The SMILES string of the molecule is C/C(Cl)=C\C=N[C@@H]1CCC1Br. The first-order chi connectivity index (χ1) is 5.20. The zero-order valence-corrected chi connectivity index (χ0v) is 8.77. The molecule has 1 fully saturated rings. The van der Waals surface area contributed by atoms with Crippen molar-refractivity contribution in [3.8, 4) is 0 Å². The van der Waals surface area contributed by atoms with E-state index in [0.29, 0.717) is 10.9 Å². The fraction of sp³-hybridized carbons (Fsp3) is 0.625. The molecule has 0 saturated heterocycles. The van der Waals surface area contributed by atoms with Gasteiger partial charge in [-0.1, -0.05) is 27.5 Å².